The standard InChI is InChI=1S/C21H22N2O/c1-12-16-9-14-5-3-7-22-18(14)11-19(16)24-21-13(2)20-15(10-17(12)21)6-4-8-23-20/h9-11,22H,3-8H2,1-2H3. The van der Waals surface area contributed by atoms with Gasteiger partial charge in [0.15, 0.2) is 0 Å². The third-order valence-corrected chi connectivity index (χ3v) is 5.60. The number of nitrogens with zero attached hydrogens (tertiary/aromatic N) is 1. The number of hydrogen-bond acceptors (Lipinski definition) is 3. The third-order valence-electron chi connectivity index (χ3n) is 5.60. The number of anilines is 1. The molecule has 0 fully saturated rings. The summed E-state index contributed by atoms with van der Waals surface area (Å²) in [6, 6.07) is 6.83. The van der Waals surface area contributed by atoms with E-state index in [0.29, 0.717) is 0 Å². The molecule has 3 aliphatic rings. The summed E-state index contributed by atoms with van der Waals surface area (Å²) < 4.78 is 6.39. The van der Waals surface area contributed by atoms with E-state index in [1.165, 1.54) is 45.2 Å². The maximum Gasteiger partial charge on any atom is 0.140 e. The Hall–Kier alpha value is -2.29. The van der Waals surface area contributed by atoms with Crippen molar-refractivity contribution in [2.45, 2.75) is 39.5 Å². The van der Waals surface area contributed by atoms with E-state index in [1.54, 1.807) is 0 Å². The second-order valence-electron chi connectivity index (χ2n) is 7.13. The van der Waals surface area contributed by atoms with Crippen LogP contribution in [0.15, 0.2) is 23.2 Å². The fourth-order valence-electron chi connectivity index (χ4n) is 4.27. The molecule has 0 aliphatic carbocycles. The molecule has 24 heavy (non-hydrogen) atoms. The SMILES string of the molecule is CC1=c2cc3c(c(C)c2Oc2cc4c(cc21)CCCN4)=NCCC3. The van der Waals surface area contributed by atoms with Gasteiger partial charge in [-0.1, -0.05) is 0 Å². The zero-order valence-electron chi connectivity index (χ0n) is 14.3. The molecule has 3 aliphatic heterocycles. The zero-order chi connectivity index (χ0) is 16.3. The Morgan fingerprint density at radius 3 is 2.83 bits per heavy atom. The molecule has 2 aromatic carbocycles. The van der Waals surface area contributed by atoms with Crippen LogP contribution in [0.3, 0.4) is 0 Å². The molecule has 0 saturated carbocycles. The Balaban J connectivity index is 1.80. The highest BCUT2D eigenvalue weighted by Gasteiger charge is 2.23. The molecule has 0 spiro atoms. The predicted molar refractivity (Wildman–Crippen MR) is 96.7 cm³/mol. The summed E-state index contributed by atoms with van der Waals surface area (Å²) in [6.45, 7) is 6.37. The highest BCUT2D eigenvalue weighted by Crippen LogP contribution is 2.38. The van der Waals surface area contributed by atoms with Gasteiger partial charge in [-0.15, -0.1) is 0 Å². The average molecular weight is 318 g/mol. The number of hydrogen-bond donors (Lipinski definition) is 1. The maximum absolute atomic E-state index is 6.39. The van der Waals surface area contributed by atoms with Gasteiger partial charge >= 0.3 is 0 Å². The summed E-state index contributed by atoms with van der Waals surface area (Å²) in [5.41, 5.74) is 7.79. The normalized spacial score (nSPS) is 17.5. The van der Waals surface area contributed by atoms with Gasteiger partial charge in [0.05, 0.1) is 5.36 Å². The number of benzene rings is 2. The summed E-state index contributed by atoms with van der Waals surface area (Å²) in [5, 5.41) is 5.92. The number of nitrogens with one attached hydrogen (secondary N) is 1. The van der Waals surface area contributed by atoms with Crippen LogP contribution in [0.25, 0.3) is 5.57 Å². The molecule has 5 rings (SSSR count). The van der Waals surface area contributed by atoms with E-state index < -0.39 is 0 Å². The Bertz CT molecular complexity index is 988. The van der Waals surface area contributed by atoms with Gasteiger partial charge in [-0.05, 0) is 68.4 Å². The first-order chi connectivity index (χ1) is 11.7. The quantitative estimate of drug-likeness (QED) is 0.809. The lowest BCUT2D eigenvalue weighted by Gasteiger charge is -2.26. The Morgan fingerprint density at radius 2 is 1.92 bits per heavy atom. The number of aryl methyl sites for hydroxylation is 2. The van der Waals surface area contributed by atoms with Crippen LogP contribution in [0.1, 0.15) is 42.0 Å². The zero-order valence-corrected chi connectivity index (χ0v) is 14.3. The monoisotopic (exact) mass is 318 g/mol. The van der Waals surface area contributed by atoms with Crippen LogP contribution in [0.5, 0.6) is 11.5 Å². The molecule has 0 unspecified atom stereocenters. The van der Waals surface area contributed by atoms with Crippen molar-refractivity contribution in [3.8, 4) is 11.5 Å². The highest BCUT2D eigenvalue weighted by atomic mass is 16.5. The van der Waals surface area contributed by atoms with Crippen molar-refractivity contribution in [2.75, 3.05) is 18.4 Å². The minimum atomic E-state index is 0.934. The van der Waals surface area contributed by atoms with Gasteiger partial charge < -0.3 is 10.1 Å². The fraction of sp³-hybridized carbons (Fsp3) is 0.381. The minimum absolute atomic E-state index is 0.934. The molecule has 3 heteroatoms. The molecule has 0 radical (unpaired) electrons. The van der Waals surface area contributed by atoms with Crippen molar-refractivity contribution in [3.05, 3.63) is 51.0 Å². The van der Waals surface area contributed by atoms with Crippen molar-refractivity contribution in [1.82, 2.24) is 0 Å². The first-order valence-corrected chi connectivity index (χ1v) is 8.99. The van der Waals surface area contributed by atoms with Crippen LogP contribution < -0.4 is 20.6 Å². The molecule has 0 saturated heterocycles. The summed E-state index contributed by atoms with van der Waals surface area (Å²) in [6.07, 6.45) is 4.64. The van der Waals surface area contributed by atoms with Gasteiger partial charge in [-0.25, -0.2) is 0 Å². The summed E-state index contributed by atoms with van der Waals surface area (Å²) in [4.78, 5) is 4.75. The predicted octanol–water partition coefficient (Wildman–Crippen LogP) is 3.24. The van der Waals surface area contributed by atoms with E-state index in [-0.39, 0.29) is 0 Å². The summed E-state index contributed by atoms with van der Waals surface area (Å²) >= 11 is 0. The Labute approximate surface area is 142 Å². The minimum Gasteiger partial charge on any atom is -0.456 e. The van der Waals surface area contributed by atoms with Crippen LogP contribution in [0.4, 0.5) is 5.69 Å². The van der Waals surface area contributed by atoms with Crippen molar-refractivity contribution in [3.63, 3.8) is 0 Å². The second-order valence-corrected chi connectivity index (χ2v) is 7.13. The number of ether oxygens (including phenoxy) is 1. The molecule has 0 bridgehead atoms. The number of fused-ring (bicyclic) bond motifs is 4. The van der Waals surface area contributed by atoms with E-state index in [0.717, 1.165) is 49.2 Å². The molecule has 122 valence electrons. The molecule has 1 N–H and O–H groups in total. The Kier molecular flexibility index (Phi) is 2.99. The van der Waals surface area contributed by atoms with Crippen LogP contribution in [0.2, 0.25) is 0 Å². The molecular formula is C21H22N2O. The average Bonchev–Trinajstić information content (AvgIpc) is 2.62. The van der Waals surface area contributed by atoms with Gasteiger partial charge in [0.25, 0.3) is 0 Å². The molecule has 0 aromatic heterocycles. The largest absolute Gasteiger partial charge is 0.456 e. The molecule has 0 atom stereocenters. The van der Waals surface area contributed by atoms with E-state index in [4.69, 9.17) is 9.73 Å². The lowest BCUT2D eigenvalue weighted by molar-refractivity contribution is 0.466. The van der Waals surface area contributed by atoms with Gasteiger partial charge in [0, 0.05) is 41.2 Å². The smallest absolute Gasteiger partial charge is 0.140 e. The molecular weight excluding hydrogens is 296 g/mol. The van der Waals surface area contributed by atoms with Crippen molar-refractivity contribution < 1.29 is 4.74 Å². The maximum atomic E-state index is 6.39. The van der Waals surface area contributed by atoms with Crippen molar-refractivity contribution in [2.24, 2.45) is 4.99 Å². The van der Waals surface area contributed by atoms with Crippen LogP contribution in [0, 0.1) is 6.92 Å². The molecule has 0 amide bonds. The van der Waals surface area contributed by atoms with Crippen LogP contribution in [-0.2, 0) is 12.8 Å². The molecule has 3 heterocycles. The second kappa shape index (κ2) is 5.10. The van der Waals surface area contributed by atoms with E-state index in [9.17, 15) is 0 Å². The Morgan fingerprint density at radius 1 is 1.04 bits per heavy atom. The van der Waals surface area contributed by atoms with E-state index >= 15 is 0 Å². The first kappa shape index (κ1) is 14.1. The topological polar surface area (TPSA) is 33.6 Å². The van der Waals surface area contributed by atoms with Gasteiger partial charge in [0.2, 0.25) is 0 Å². The third kappa shape index (κ3) is 1.94. The van der Waals surface area contributed by atoms with E-state index in [2.05, 4.69) is 37.4 Å². The lowest BCUT2D eigenvalue weighted by atomic mass is 9.92. The van der Waals surface area contributed by atoms with E-state index in [1.807, 2.05) is 0 Å². The van der Waals surface area contributed by atoms with Crippen molar-refractivity contribution >= 4 is 11.3 Å². The first-order valence-electron chi connectivity index (χ1n) is 8.99. The van der Waals surface area contributed by atoms with Crippen LogP contribution >= 0.6 is 0 Å². The molecule has 3 nitrogen and oxygen atoms in total. The highest BCUT2D eigenvalue weighted by molar-refractivity contribution is 5.77. The van der Waals surface area contributed by atoms with Gasteiger partial charge in [-0.2, -0.15) is 0 Å². The van der Waals surface area contributed by atoms with Crippen molar-refractivity contribution in [1.29, 1.82) is 0 Å². The van der Waals surface area contributed by atoms with Gasteiger partial charge in [0.1, 0.15) is 11.5 Å². The van der Waals surface area contributed by atoms with Crippen LogP contribution in [-0.4, -0.2) is 13.1 Å². The number of rotatable bonds is 0. The lowest BCUT2D eigenvalue weighted by Crippen LogP contribution is -2.28. The summed E-state index contributed by atoms with van der Waals surface area (Å²) in [7, 11) is 0. The summed E-state index contributed by atoms with van der Waals surface area (Å²) in [5.74, 6) is 1.98. The van der Waals surface area contributed by atoms with Gasteiger partial charge in [-0.3, -0.25) is 4.99 Å². The molecule has 2 aromatic rings. The fourth-order valence-corrected chi connectivity index (χ4v) is 4.27.